The van der Waals surface area contributed by atoms with Gasteiger partial charge in [-0.05, 0) is 25.5 Å². The van der Waals surface area contributed by atoms with Gasteiger partial charge in [0, 0.05) is 18.2 Å². The highest BCUT2D eigenvalue weighted by Gasteiger charge is 2.39. The van der Waals surface area contributed by atoms with Crippen LogP contribution in [-0.2, 0) is 4.79 Å². The van der Waals surface area contributed by atoms with Gasteiger partial charge in [-0.1, -0.05) is 18.2 Å². The van der Waals surface area contributed by atoms with Gasteiger partial charge in [0.1, 0.15) is 6.26 Å². The number of carboxylic acid groups (broad SMARTS) is 1. The molecule has 2 unspecified atom stereocenters. The van der Waals surface area contributed by atoms with Crippen molar-refractivity contribution in [1.29, 1.82) is 0 Å². The van der Waals surface area contributed by atoms with E-state index in [0.717, 1.165) is 5.56 Å². The molecule has 0 saturated carbocycles. The van der Waals surface area contributed by atoms with Crippen LogP contribution in [0.5, 0.6) is 0 Å². The molecule has 6 nitrogen and oxygen atoms in total. The number of aliphatic carboxylic acids is 1. The third-order valence-corrected chi connectivity index (χ3v) is 4.08. The maximum Gasteiger partial charge on any atom is 0.308 e. The zero-order chi connectivity index (χ0) is 15.7. The molecule has 1 amide bonds. The lowest BCUT2D eigenvalue weighted by atomic mass is 10.0. The Balaban J connectivity index is 1.79. The first kappa shape index (κ1) is 14.3. The van der Waals surface area contributed by atoms with Crippen LogP contribution in [-0.4, -0.2) is 39.5 Å². The fraction of sp³-hybridized carbons (Fsp3) is 0.312. The molecule has 6 heteroatoms. The lowest BCUT2D eigenvalue weighted by molar-refractivity contribution is -0.142. The van der Waals surface area contributed by atoms with Crippen LogP contribution in [0.1, 0.15) is 23.8 Å². The van der Waals surface area contributed by atoms with Crippen molar-refractivity contribution >= 4 is 11.9 Å². The fourth-order valence-corrected chi connectivity index (χ4v) is 2.79. The highest BCUT2D eigenvalue weighted by molar-refractivity contribution is 5.93. The number of aromatic nitrogens is 1. The molecule has 0 spiro atoms. The van der Waals surface area contributed by atoms with E-state index in [0.29, 0.717) is 18.9 Å². The molecule has 22 heavy (non-hydrogen) atoms. The third kappa shape index (κ3) is 2.47. The number of carbonyl (C=O) groups is 2. The standard InChI is InChI=1S/C16H16N2O4/c1-10-12(16(20)21)7-8-18(10)15(19)13-9-22-14(17-13)11-5-3-2-4-6-11/h2-6,9-10,12H,7-8H2,1H3,(H,20,21). The quantitative estimate of drug-likeness (QED) is 0.940. The average molecular weight is 300 g/mol. The number of oxazole rings is 1. The van der Waals surface area contributed by atoms with Crippen LogP contribution in [0.3, 0.4) is 0 Å². The Morgan fingerprint density at radius 3 is 2.68 bits per heavy atom. The molecular weight excluding hydrogens is 284 g/mol. The van der Waals surface area contributed by atoms with Gasteiger partial charge >= 0.3 is 5.97 Å². The van der Waals surface area contributed by atoms with E-state index < -0.39 is 11.9 Å². The molecule has 1 saturated heterocycles. The number of carboxylic acids is 1. The van der Waals surface area contributed by atoms with Crippen molar-refractivity contribution in [3.05, 3.63) is 42.3 Å². The van der Waals surface area contributed by atoms with Gasteiger partial charge in [-0.25, -0.2) is 4.98 Å². The van der Waals surface area contributed by atoms with Crippen LogP contribution in [0.4, 0.5) is 0 Å². The van der Waals surface area contributed by atoms with Gasteiger partial charge < -0.3 is 14.4 Å². The number of hydrogen-bond donors (Lipinski definition) is 1. The molecule has 1 aliphatic heterocycles. The zero-order valence-electron chi connectivity index (χ0n) is 12.1. The van der Waals surface area contributed by atoms with Crippen molar-refractivity contribution in [2.24, 2.45) is 5.92 Å². The molecule has 1 aromatic heterocycles. The van der Waals surface area contributed by atoms with Gasteiger partial charge in [0.05, 0.1) is 5.92 Å². The summed E-state index contributed by atoms with van der Waals surface area (Å²) in [4.78, 5) is 29.4. The van der Waals surface area contributed by atoms with E-state index in [1.807, 2.05) is 30.3 Å². The van der Waals surface area contributed by atoms with Gasteiger partial charge in [-0.3, -0.25) is 9.59 Å². The number of hydrogen-bond acceptors (Lipinski definition) is 4. The molecule has 2 heterocycles. The first-order valence-electron chi connectivity index (χ1n) is 7.12. The van der Waals surface area contributed by atoms with Crippen molar-refractivity contribution in [3.8, 4) is 11.5 Å². The topological polar surface area (TPSA) is 83.6 Å². The summed E-state index contributed by atoms with van der Waals surface area (Å²) in [7, 11) is 0. The third-order valence-electron chi connectivity index (χ3n) is 4.08. The second kappa shape index (κ2) is 5.63. The van der Waals surface area contributed by atoms with E-state index in [1.54, 1.807) is 11.8 Å². The molecular formula is C16H16N2O4. The summed E-state index contributed by atoms with van der Waals surface area (Å²) in [5, 5.41) is 9.13. The van der Waals surface area contributed by atoms with E-state index in [2.05, 4.69) is 4.98 Å². The molecule has 0 aliphatic carbocycles. The summed E-state index contributed by atoms with van der Waals surface area (Å²) in [6.45, 7) is 2.17. The summed E-state index contributed by atoms with van der Waals surface area (Å²) < 4.78 is 5.37. The van der Waals surface area contributed by atoms with E-state index in [4.69, 9.17) is 9.52 Å². The van der Waals surface area contributed by atoms with Crippen LogP contribution in [0.2, 0.25) is 0 Å². The van der Waals surface area contributed by atoms with E-state index >= 15 is 0 Å². The zero-order valence-corrected chi connectivity index (χ0v) is 12.1. The molecule has 2 atom stereocenters. The smallest absolute Gasteiger partial charge is 0.308 e. The van der Waals surface area contributed by atoms with Crippen molar-refractivity contribution < 1.29 is 19.1 Å². The van der Waals surface area contributed by atoms with Crippen LogP contribution in [0, 0.1) is 5.92 Å². The molecule has 1 aliphatic rings. The normalized spacial score (nSPS) is 21.0. The predicted molar refractivity (Wildman–Crippen MR) is 78.2 cm³/mol. The molecule has 1 aromatic carbocycles. The minimum Gasteiger partial charge on any atom is -0.481 e. The molecule has 3 rings (SSSR count). The van der Waals surface area contributed by atoms with Crippen molar-refractivity contribution in [2.75, 3.05) is 6.54 Å². The second-order valence-corrected chi connectivity index (χ2v) is 5.38. The van der Waals surface area contributed by atoms with Gasteiger partial charge in [0.25, 0.3) is 5.91 Å². The summed E-state index contributed by atoms with van der Waals surface area (Å²) >= 11 is 0. The number of carbonyl (C=O) groups excluding carboxylic acids is 1. The first-order chi connectivity index (χ1) is 10.6. The van der Waals surface area contributed by atoms with E-state index in [9.17, 15) is 9.59 Å². The Labute approximate surface area is 127 Å². The number of likely N-dealkylation sites (tertiary alicyclic amines) is 1. The number of rotatable bonds is 3. The highest BCUT2D eigenvalue weighted by Crippen LogP contribution is 2.26. The average Bonchev–Trinajstić information content (AvgIpc) is 3.14. The van der Waals surface area contributed by atoms with Crippen molar-refractivity contribution in [3.63, 3.8) is 0 Å². The molecule has 1 N–H and O–H groups in total. The summed E-state index contributed by atoms with van der Waals surface area (Å²) in [5.74, 6) is -1.30. The molecule has 1 fully saturated rings. The lowest BCUT2D eigenvalue weighted by Crippen LogP contribution is -2.37. The van der Waals surface area contributed by atoms with Gasteiger partial charge in [-0.15, -0.1) is 0 Å². The summed E-state index contributed by atoms with van der Waals surface area (Å²) in [6.07, 6.45) is 1.79. The monoisotopic (exact) mass is 300 g/mol. The minimum absolute atomic E-state index is 0.205. The number of amides is 1. The Morgan fingerprint density at radius 2 is 2.05 bits per heavy atom. The van der Waals surface area contributed by atoms with Gasteiger partial charge in [-0.2, -0.15) is 0 Å². The molecule has 2 aromatic rings. The maximum atomic E-state index is 12.5. The van der Waals surface area contributed by atoms with Crippen LogP contribution in [0.25, 0.3) is 11.5 Å². The summed E-state index contributed by atoms with van der Waals surface area (Å²) in [6, 6.07) is 8.96. The van der Waals surface area contributed by atoms with Gasteiger partial charge in [0.2, 0.25) is 5.89 Å². The van der Waals surface area contributed by atoms with E-state index in [-0.39, 0.29) is 17.6 Å². The van der Waals surface area contributed by atoms with Gasteiger partial charge in [0.15, 0.2) is 5.69 Å². The largest absolute Gasteiger partial charge is 0.481 e. The maximum absolute atomic E-state index is 12.5. The second-order valence-electron chi connectivity index (χ2n) is 5.38. The number of benzene rings is 1. The van der Waals surface area contributed by atoms with Crippen molar-refractivity contribution in [1.82, 2.24) is 9.88 Å². The van der Waals surface area contributed by atoms with E-state index in [1.165, 1.54) is 6.26 Å². The highest BCUT2D eigenvalue weighted by atomic mass is 16.4. The molecule has 0 radical (unpaired) electrons. The fourth-order valence-electron chi connectivity index (χ4n) is 2.79. The molecule has 114 valence electrons. The first-order valence-corrected chi connectivity index (χ1v) is 7.12. The Kier molecular flexibility index (Phi) is 3.66. The Bertz CT molecular complexity index is 695. The minimum atomic E-state index is -0.868. The lowest BCUT2D eigenvalue weighted by Gasteiger charge is -2.22. The van der Waals surface area contributed by atoms with Crippen LogP contribution < -0.4 is 0 Å². The Hall–Kier alpha value is -2.63. The van der Waals surface area contributed by atoms with Crippen LogP contribution >= 0.6 is 0 Å². The van der Waals surface area contributed by atoms with Crippen molar-refractivity contribution in [2.45, 2.75) is 19.4 Å². The predicted octanol–water partition coefficient (Wildman–Crippen LogP) is 2.28. The SMILES string of the molecule is CC1C(C(=O)O)CCN1C(=O)c1coc(-c2ccccc2)n1. The number of nitrogens with zero attached hydrogens (tertiary/aromatic N) is 2. The molecule has 0 bridgehead atoms. The van der Waals surface area contributed by atoms with Crippen LogP contribution in [0.15, 0.2) is 41.0 Å². The Morgan fingerprint density at radius 1 is 1.32 bits per heavy atom. The summed E-state index contributed by atoms with van der Waals surface area (Å²) in [5.41, 5.74) is 0.996.